The molecule has 4 rings (SSSR count). The molecule has 31 heavy (non-hydrogen) atoms. The maximum atomic E-state index is 13.1. The van der Waals surface area contributed by atoms with Crippen LogP contribution >= 0.6 is 0 Å². The van der Waals surface area contributed by atoms with Gasteiger partial charge in [-0.2, -0.15) is 0 Å². The summed E-state index contributed by atoms with van der Waals surface area (Å²) in [6.45, 7) is 0.609. The van der Waals surface area contributed by atoms with Crippen LogP contribution < -0.4 is 0 Å². The standard InChI is InChI=1S/C24H20N4O3/c1-4-14-27(2)23(29)20-19-17-12-8-9-13-18(17)28(15-16-10-6-5-7-11-16)22(19)21(26-25-20)24(30)31-3/h1,5-13H,14-15H2,2-3H3. The van der Waals surface area contributed by atoms with Crippen molar-refractivity contribution in [1.82, 2.24) is 19.7 Å². The summed E-state index contributed by atoms with van der Waals surface area (Å²) >= 11 is 0. The number of ether oxygens (including phenoxy) is 1. The van der Waals surface area contributed by atoms with Crippen LogP contribution in [0.25, 0.3) is 21.8 Å². The molecule has 0 aliphatic carbocycles. The molecule has 0 unspecified atom stereocenters. The molecule has 7 heteroatoms. The number of methoxy groups -OCH3 is 1. The van der Waals surface area contributed by atoms with Gasteiger partial charge >= 0.3 is 5.97 Å². The number of hydrogen-bond acceptors (Lipinski definition) is 5. The lowest BCUT2D eigenvalue weighted by Crippen LogP contribution is -2.28. The molecule has 154 valence electrons. The summed E-state index contributed by atoms with van der Waals surface area (Å²) in [5.74, 6) is 1.47. The zero-order valence-electron chi connectivity index (χ0n) is 17.2. The maximum Gasteiger partial charge on any atom is 0.360 e. The SMILES string of the molecule is C#CCN(C)C(=O)c1nnc(C(=O)OC)c2c1c1ccccc1n2Cc1ccccc1. The summed E-state index contributed by atoms with van der Waals surface area (Å²) < 4.78 is 6.93. The summed E-state index contributed by atoms with van der Waals surface area (Å²) in [6.07, 6.45) is 5.38. The molecule has 0 radical (unpaired) electrons. The molecule has 2 aromatic heterocycles. The van der Waals surface area contributed by atoms with Crippen LogP contribution in [0.15, 0.2) is 54.6 Å². The van der Waals surface area contributed by atoms with E-state index in [-0.39, 0.29) is 23.8 Å². The van der Waals surface area contributed by atoms with Gasteiger partial charge in [-0.3, -0.25) is 4.79 Å². The first kappa shape index (κ1) is 20.1. The summed E-state index contributed by atoms with van der Waals surface area (Å²) in [5, 5.41) is 9.57. The van der Waals surface area contributed by atoms with Crippen LogP contribution in [0.1, 0.15) is 26.5 Å². The molecule has 0 fully saturated rings. The predicted molar refractivity (Wildman–Crippen MR) is 118 cm³/mol. The van der Waals surface area contributed by atoms with Crippen molar-refractivity contribution in [3.63, 3.8) is 0 Å². The van der Waals surface area contributed by atoms with Crippen molar-refractivity contribution < 1.29 is 14.3 Å². The number of aromatic nitrogens is 3. The van der Waals surface area contributed by atoms with Gasteiger partial charge in [-0.25, -0.2) is 4.79 Å². The van der Waals surface area contributed by atoms with Crippen LogP contribution in [0, 0.1) is 12.3 Å². The summed E-state index contributed by atoms with van der Waals surface area (Å²) in [4.78, 5) is 27.1. The highest BCUT2D eigenvalue weighted by Gasteiger charge is 2.27. The Morgan fingerprint density at radius 3 is 2.45 bits per heavy atom. The smallest absolute Gasteiger partial charge is 0.360 e. The molecule has 2 heterocycles. The van der Waals surface area contributed by atoms with Crippen LogP contribution in [-0.2, 0) is 11.3 Å². The first-order valence-corrected chi connectivity index (χ1v) is 9.65. The second-order valence-corrected chi connectivity index (χ2v) is 7.07. The second kappa shape index (κ2) is 8.28. The highest BCUT2D eigenvalue weighted by molar-refractivity contribution is 6.20. The van der Waals surface area contributed by atoms with Crippen LogP contribution in [0.3, 0.4) is 0 Å². The van der Waals surface area contributed by atoms with Crippen molar-refractivity contribution in [3.05, 3.63) is 71.5 Å². The van der Waals surface area contributed by atoms with E-state index in [9.17, 15) is 9.59 Å². The second-order valence-electron chi connectivity index (χ2n) is 7.07. The fourth-order valence-corrected chi connectivity index (χ4v) is 3.69. The Kier molecular flexibility index (Phi) is 5.37. The summed E-state index contributed by atoms with van der Waals surface area (Å²) in [5.41, 5.74) is 2.60. The number of benzene rings is 2. The Balaban J connectivity index is 2.08. The number of amides is 1. The topological polar surface area (TPSA) is 77.3 Å². The molecule has 0 aliphatic heterocycles. The minimum atomic E-state index is -0.620. The molecule has 0 saturated heterocycles. The van der Waals surface area contributed by atoms with E-state index in [1.165, 1.54) is 12.0 Å². The third-order valence-corrected chi connectivity index (χ3v) is 5.12. The zero-order chi connectivity index (χ0) is 22.0. The Morgan fingerprint density at radius 2 is 1.74 bits per heavy atom. The van der Waals surface area contributed by atoms with Gasteiger partial charge in [-0.15, -0.1) is 16.6 Å². The minimum Gasteiger partial charge on any atom is -0.464 e. The molecule has 7 nitrogen and oxygen atoms in total. The molecule has 0 atom stereocenters. The van der Waals surface area contributed by atoms with Gasteiger partial charge in [-0.05, 0) is 11.6 Å². The van der Waals surface area contributed by atoms with E-state index in [2.05, 4.69) is 16.1 Å². The van der Waals surface area contributed by atoms with E-state index in [1.54, 1.807) is 7.05 Å². The third-order valence-electron chi connectivity index (χ3n) is 5.12. The molecule has 0 aliphatic rings. The Labute approximate surface area is 179 Å². The normalized spacial score (nSPS) is 10.7. The zero-order valence-corrected chi connectivity index (χ0v) is 17.2. The molecular weight excluding hydrogens is 392 g/mol. The molecule has 2 aromatic carbocycles. The molecule has 4 aromatic rings. The fourth-order valence-electron chi connectivity index (χ4n) is 3.69. The molecular formula is C24H20N4O3. The minimum absolute atomic E-state index is 0.0563. The lowest BCUT2D eigenvalue weighted by molar-refractivity contribution is 0.0593. The van der Waals surface area contributed by atoms with Gasteiger partial charge in [0.1, 0.15) is 0 Å². The molecule has 0 saturated carbocycles. The van der Waals surface area contributed by atoms with Crippen molar-refractivity contribution in [2.24, 2.45) is 0 Å². The van der Waals surface area contributed by atoms with Crippen molar-refractivity contribution in [3.8, 4) is 12.3 Å². The number of fused-ring (bicyclic) bond motifs is 3. The number of carbonyl (C=O) groups excluding carboxylic acids is 2. The number of para-hydroxylation sites is 1. The average Bonchev–Trinajstić information content (AvgIpc) is 3.13. The van der Waals surface area contributed by atoms with E-state index in [1.807, 2.05) is 59.2 Å². The van der Waals surface area contributed by atoms with Gasteiger partial charge in [0.05, 0.1) is 19.2 Å². The first-order valence-electron chi connectivity index (χ1n) is 9.65. The van der Waals surface area contributed by atoms with Crippen molar-refractivity contribution >= 4 is 33.7 Å². The van der Waals surface area contributed by atoms with Gasteiger partial charge in [0.15, 0.2) is 11.4 Å². The van der Waals surface area contributed by atoms with Gasteiger partial charge in [0.2, 0.25) is 0 Å². The quantitative estimate of drug-likeness (QED) is 0.372. The van der Waals surface area contributed by atoms with Crippen molar-refractivity contribution in [1.29, 1.82) is 0 Å². The number of carbonyl (C=O) groups is 2. The van der Waals surface area contributed by atoms with Crippen LogP contribution in [0.2, 0.25) is 0 Å². The number of nitrogens with zero attached hydrogens (tertiary/aromatic N) is 4. The van der Waals surface area contributed by atoms with Gasteiger partial charge < -0.3 is 14.2 Å². The maximum absolute atomic E-state index is 13.1. The number of terminal acetylenes is 1. The lowest BCUT2D eigenvalue weighted by Gasteiger charge is -2.14. The van der Waals surface area contributed by atoms with Crippen LogP contribution in [0.4, 0.5) is 0 Å². The molecule has 1 amide bonds. The van der Waals surface area contributed by atoms with Crippen molar-refractivity contribution in [2.45, 2.75) is 6.54 Å². The monoisotopic (exact) mass is 412 g/mol. The lowest BCUT2D eigenvalue weighted by atomic mass is 10.1. The highest BCUT2D eigenvalue weighted by atomic mass is 16.5. The van der Waals surface area contributed by atoms with Gasteiger partial charge in [-0.1, -0.05) is 54.5 Å². The van der Waals surface area contributed by atoms with E-state index in [4.69, 9.17) is 11.2 Å². The Bertz CT molecular complexity index is 1340. The van der Waals surface area contributed by atoms with Crippen molar-refractivity contribution in [2.75, 3.05) is 20.7 Å². The van der Waals surface area contributed by atoms with Crippen LogP contribution in [0.5, 0.6) is 0 Å². The first-order chi connectivity index (χ1) is 15.1. The molecule has 0 spiro atoms. The summed E-state index contributed by atoms with van der Waals surface area (Å²) in [6, 6.07) is 17.5. The van der Waals surface area contributed by atoms with E-state index in [0.29, 0.717) is 17.4 Å². The van der Waals surface area contributed by atoms with Gasteiger partial charge in [0.25, 0.3) is 5.91 Å². The Hall–Kier alpha value is -4.18. The van der Waals surface area contributed by atoms with E-state index < -0.39 is 5.97 Å². The van der Waals surface area contributed by atoms with Crippen LogP contribution in [-0.4, -0.2) is 52.2 Å². The van der Waals surface area contributed by atoms with E-state index >= 15 is 0 Å². The molecule has 0 N–H and O–H groups in total. The number of esters is 1. The average molecular weight is 412 g/mol. The summed E-state index contributed by atoms with van der Waals surface area (Å²) in [7, 11) is 2.90. The fraction of sp³-hybridized carbons (Fsp3) is 0.167. The molecule has 0 bridgehead atoms. The number of rotatable bonds is 5. The number of hydrogen-bond donors (Lipinski definition) is 0. The largest absolute Gasteiger partial charge is 0.464 e. The predicted octanol–water partition coefficient (Wildman–Crippen LogP) is 3.12. The Morgan fingerprint density at radius 1 is 1.06 bits per heavy atom. The highest BCUT2D eigenvalue weighted by Crippen LogP contribution is 2.33. The van der Waals surface area contributed by atoms with E-state index in [0.717, 1.165) is 16.5 Å². The third kappa shape index (κ3) is 3.49. The van der Waals surface area contributed by atoms with Gasteiger partial charge in [0, 0.05) is 29.9 Å².